The number of amides is 1. The third kappa shape index (κ3) is 3.51. The van der Waals surface area contributed by atoms with E-state index in [1.807, 2.05) is 23.1 Å². The fraction of sp³-hybridized carbons (Fsp3) is 0.333. The lowest BCUT2D eigenvalue weighted by molar-refractivity contribution is -0.133. The summed E-state index contributed by atoms with van der Waals surface area (Å²) in [6.45, 7) is 0.519. The van der Waals surface area contributed by atoms with E-state index >= 15 is 0 Å². The van der Waals surface area contributed by atoms with Crippen molar-refractivity contribution in [1.82, 2.24) is 14.9 Å². The highest BCUT2D eigenvalue weighted by molar-refractivity contribution is 8.14. The zero-order chi connectivity index (χ0) is 17.2. The molecule has 0 radical (unpaired) electrons. The largest absolute Gasteiger partial charge is 0.506 e. The molecule has 2 aromatic heterocycles. The minimum Gasteiger partial charge on any atom is -0.506 e. The van der Waals surface area contributed by atoms with Crippen LogP contribution in [0, 0.1) is 0 Å². The highest BCUT2D eigenvalue weighted by Gasteiger charge is 2.38. The first-order chi connectivity index (χ1) is 12.2. The highest BCUT2D eigenvalue weighted by atomic mass is 32.2. The second-order valence-corrected chi connectivity index (χ2v) is 7.16. The first-order valence-corrected chi connectivity index (χ1v) is 9.26. The molecule has 128 valence electrons. The standard InChI is InChI=1S/C18H18N4O2S/c23-15-5-3-9-20-16(15)17-21-14(11-25-17)18(24)22(13-6-7-13)10-12-4-1-2-8-19-12/h1-5,8-9,13-14,23H,6-7,10-11H2/t14-/m0/s1. The van der Waals surface area contributed by atoms with Crippen molar-refractivity contribution in [3.8, 4) is 5.75 Å². The number of aliphatic imine (C=N–C) groups is 1. The van der Waals surface area contributed by atoms with E-state index in [0.717, 1.165) is 18.5 Å². The summed E-state index contributed by atoms with van der Waals surface area (Å²) in [5, 5.41) is 10.6. The maximum atomic E-state index is 13.0. The van der Waals surface area contributed by atoms with Crippen molar-refractivity contribution in [2.24, 2.45) is 4.99 Å². The van der Waals surface area contributed by atoms with Gasteiger partial charge in [0.15, 0.2) is 0 Å². The molecule has 1 atom stereocenters. The monoisotopic (exact) mass is 354 g/mol. The Labute approximate surface area is 150 Å². The molecular formula is C18H18N4O2S. The molecule has 1 amide bonds. The highest BCUT2D eigenvalue weighted by Crippen LogP contribution is 2.32. The average Bonchev–Trinajstić information content (AvgIpc) is 3.37. The molecule has 2 aliphatic rings. The van der Waals surface area contributed by atoms with Gasteiger partial charge in [0.1, 0.15) is 22.5 Å². The molecule has 25 heavy (non-hydrogen) atoms. The van der Waals surface area contributed by atoms with E-state index < -0.39 is 6.04 Å². The topological polar surface area (TPSA) is 78.7 Å². The lowest BCUT2D eigenvalue weighted by atomic mass is 10.2. The van der Waals surface area contributed by atoms with Gasteiger partial charge in [-0.2, -0.15) is 0 Å². The Morgan fingerprint density at radius 1 is 1.20 bits per heavy atom. The van der Waals surface area contributed by atoms with Crippen LogP contribution in [0.1, 0.15) is 24.2 Å². The van der Waals surface area contributed by atoms with Gasteiger partial charge in [0.25, 0.3) is 0 Å². The van der Waals surface area contributed by atoms with Crippen molar-refractivity contribution in [3.05, 3.63) is 54.1 Å². The number of thioether (sulfide) groups is 1. The van der Waals surface area contributed by atoms with Crippen LogP contribution in [0.3, 0.4) is 0 Å². The van der Waals surface area contributed by atoms with E-state index in [0.29, 0.717) is 29.1 Å². The number of carbonyl (C=O) groups excluding carboxylic acids is 1. The molecule has 3 heterocycles. The summed E-state index contributed by atoms with van der Waals surface area (Å²) in [6.07, 6.45) is 5.44. The Morgan fingerprint density at radius 3 is 2.76 bits per heavy atom. The molecule has 6 nitrogen and oxygen atoms in total. The molecule has 1 aliphatic heterocycles. The molecule has 4 rings (SSSR count). The van der Waals surface area contributed by atoms with E-state index in [9.17, 15) is 9.90 Å². The van der Waals surface area contributed by atoms with Crippen LogP contribution in [0.4, 0.5) is 0 Å². The first-order valence-electron chi connectivity index (χ1n) is 8.27. The number of carbonyl (C=O) groups is 1. The van der Waals surface area contributed by atoms with E-state index in [1.165, 1.54) is 11.8 Å². The van der Waals surface area contributed by atoms with Gasteiger partial charge in [-0.1, -0.05) is 6.07 Å². The zero-order valence-electron chi connectivity index (χ0n) is 13.6. The Kier molecular flexibility index (Phi) is 4.40. The van der Waals surface area contributed by atoms with Crippen LogP contribution in [0.5, 0.6) is 5.75 Å². The lowest BCUT2D eigenvalue weighted by Gasteiger charge is -2.24. The van der Waals surface area contributed by atoms with Gasteiger partial charge >= 0.3 is 0 Å². The minimum atomic E-state index is -0.425. The zero-order valence-corrected chi connectivity index (χ0v) is 14.4. The van der Waals surface area contributed by atoms with E-state index in [1.54, 1.807) is 24.5 Å². The van der Waals surface area contributed by atoms with Gasteiger partial charge < -0.3 is 10.0 Å². The van der Waals surface area contributed by atoms with Gasteiger partial charge in [0.05, 0.1) is 12.2 Å². The third-order valence-corrected chi connectivity index (χ3v) is 5.31. The Hall–Kier alpha value is -2.41. The van der Waals surface area contributed by atoms with Crippen molar-refractivity contribution in [2.75, 3.05) is 5.75 Å². The van der Waals surface area contributed by atoms with Crippen LogP contribution in [0.25, 0.3) is 0 Å². The molecule has 7 heteroatoms. The third-order valence-electron chi connectivity index (χ3n) is 4.25. The van der Waals surface area contributed by atoms with E-state index in [4.69, 9.17) is 0 Å². The number of pyridine rings is 2. The summed E-state index contributed by atoms with van der Waals surface area (Å²) >= 11 is 1.47. The molecule has 2 aromatic rings. The number of rotatable bonds is 5. The molecule has 1 N–H and O–H groups in total. The quantitative estimate of drug-likeness (QED) is 0.891. The smallest absolute Gasteiger partial charge is 0.248 e. The summed E-state index contributed by atoms with van der Waals surface area (Å²) in [5.74, 6) is 0.704. The summed E-state index contributed by atoms with van der Waals surface area (Å²) in [4.78, 5) is 27.9. The Morgan fingerprint density at radius 2 is 2.04 bits per heavy atom. The lowest BCUT2D eigenvalue weighted by Crippen LogP contribution is -2.40. The van der Waals surface area contributed by atoms with Gasteiger partial charge in [0, 0.05) is 24.2 Å². The Balaban J connectivity index is 1.52. The number of aromatic nitrogens is 2. The number of nitrogens with zero attached hydrogens (tertiary/aromatic N) is 4. The number of aromatic hydroxyl groups is 1. The molecule has 1 aliphatic carbocycles. The van der Waals surface area contributed by atoms with Crippen LogP contribution in [0.15, 0.2) is 47.7 Å². The summed E-state index contributed by atoms with van der Waals surface area (Å²) in [7, 11) is 0. The van der Waals surface area contributed by atoms with Crippen molar-refractivity contribution >= 4 is 22.7 Å². The van der Waals surface area contributed by atoms with Crippen molar-refractivity contribution in [1.29, 1.82) is 0 Å². The van der Waals surface area contributed by atoms with Crippen molar-refractivity contribution in [2.45, 2.75) is 31.5 Å². The average molecular weight is 354 g/mol. The van der Waals surface area contributed by atoms with Crippen LogP contribution in [-0.2, 0) is 11.3 Å². The fourth-order valence-corrected chi connectivity index (χ4v) is 3.85. The van der Waals surface area contributed by atoms with E-state index in [2.05, 4.69) is 15.0 Å². The minimum absolute atomic E-state index is 0.0334. The fourth-order valence-electron chi connectivity index (χ4n) is 2.82. The van der Waals surface area contributed by atoms with Gasteiger partial charge in [-0.05, 0) is 37.1 Å². The molecule has 1 saturated carbocycles. The normalized spacial score (nSPS) is 19.5. The van der Waals surface area contributed by atoms with Crippen LogP contribution >= 0.6 is 11.8 Å². The summed E-state index contributed by atoms with van der Waals surface area (Å²) < 4.78 is 0. The summed E-state index contributed by atoms with van der Waals surface area (Å²) in [6, 6.07) is 8.86. The van der Waals surface area contributed by atoms with Gasteiger partial charge in [0.2, 0.25) is 5.91 Å². The second-order valence-electron chi connectivity index (χ2n) is 6.15. The van der Waals surface area contributed by atoms with Crippen molar-refractivity contribution in [3.63, 3.8) is 0 Å². The number of hydrogen-bond acceptors (Lipinski definition) is 6. The van der Waals surface area contributed by atoms with Gasteiger partial charge in [-0.25, -0.2) is 0 Å². The number of hydrogen-bond donors (Lipinski definition) is 1. The van der Waals surface area contributed by atoms with Crippen LogP contribution in [0.2, 0.25) is 0 Å². The van der Waals surface area contributed by atoms with Crippen molar-refractivity contribution < 1.29 is 9.90 Å². The predicted molar refractivity (Wildman–Crippen MR) is 96.5 cm³/mol. The van der Waals surface area contributed by atoms with Gasteiger partial charge in [-0.3, -0.25) is 19.8 Å². The van der Waals surface area contributed by atoms with Gasteiger partial charge in [-0.15, -0.1) is 11.8 Å². The van der Waals surface area contributed by atoms with Crippen LogP contribution in [-0.4, -0.2) is 48.8 Å². The molecule has 0 saturated heterocycles. The first kappa shape index (κ1) is 16.1. The molecular weight excluding hydrogens is 336 g/mol. The molecule has 0 aromatic carbocycles. The molecule has 0 unspecified atom stereocenters. The van der Waals surface area contributed by atoms with Crippen LogP contribution < -0.4 is 0 Å². The van der Waals surface area contributed by atoms with E-state index in [-0.39, 0.29) is 11.7 Å². The Bertz CT molecular complexity index is 808. The molecule has 0 bridgehead atoms. The maximum Gasteiger partial charge on any atom is 0.248 e. The molecule has 1 fully saturated rings. The molecule has 0 spiro atoms. The SMILES string of the molecule is O=C([C@@H]1CSC(c2ncccc2O)=N1)N(Cc1ccccn1)C1CC1. The predicted octanol–water partition coefficient (Wildman–Crippen LogP) is 2.24. The summed E-state index contributed by atoms with van der Waals surface area (Å²) in [5.41, 5.74) is 1.34. The maximum absolute atomic E-state index is 13.0. The second kappa shape index (κ2) is 6.84.